The van der Waals surface area contributed by atoms with Crippen LogP contribution in [0.1, 0.15) is 87.6 Å². The van der Waals surface area contributed by atoms with Gasteiger partial charge in [-0.15, -0.1) is 11.3 Å². The maximum atomic E-state index is 13.4. The number of aromatic nitrogens is 1. The van der Waals surface area contributed by atoms with Crippen LogP contribution in [0.2, 0.25) is 0 Å². The number of thiazole rings is 1. The summed E-state index contributed by atoms with van der Waals surface area (Å²) in [5, 5.41) is 14.2. The Morgan fingerprint density at radius 2 is 1.71 bits per heavy atom. The summed E-state index contributed by atoms with van der Waals surface area (Å²) in [5.41, 5.74) is 1.11. The average Bonchev–Trinajstić information content (AvgIpc) is 3.55. The van der Waals surface area contributed by atoms with Crippen LogP contribution in [0.4, 0.5) is 0 Å². The molecule has 5 rings (SSSR count). The summed E-state index contributed by atoms with van der Waals surface area (Å²) in [4.78, 5) is 30.7. The highest BCUT2D eigenvalue weighted by Crippen LogP contribution is 2.40. The third kappa shape index (κ3) is 6.81. The number of carboxylic acid groups (broad SMARTS) is 1. The lowest BCUT2D eigenvalue weighted by Gasteiger charge is -2.22. The predicted molar refractivity (Wildman–Crippen MR) is 162 cm³/mol. The van der Waals surface area contributed by atoms with Gasteiger partial charge in [-0.3, -0.25) is 9.59 Å². The van der Waals surface area contributed by atoms with E-state index in [0.717, 1.165) is 40.8 Å². The van der Waals surface area contributed by atoms with Crippen LogP contribution in [-0.2, 0) is 21.2 Å². The second-order valence-corrected chi connectivity index (χ2v) is 15.2. The number of aliphatic carboxylic acids is 1. The number of nitrogens with one attached hydrogen (secondary N) is 2. The van der Waals surface area contributed by atoms with Gasteiger partial charge in [0.25, 0.3) is 5.91 Å². The van der Waals surface area contributed by atoms with E-state index in [1.807, 2.05) is 51.1 Å². The summed E-state index contributed by atoms with van der Waals surface area (Å²) < 4.78 is 29.5. The zero-order chi connectivity index (χ0) is 29.4. The molecule has 2 unspecified atom stereocenters. The highest BCUT2D eigenvalue weighted by atomic mass is 32.2. The van der Waals surface area contributed by atoms with Crippen LogP contribution < -0.4 is 10.0 Å². The standard InChI is InChI=1S/C31H39N3O5S2/c1-31(2,3)34-41(38,39)26-16-15-24(22-11-7-8-12-23(22)26)27-25(17-19-9-5-4-6-10-19)33-29(40-27)28(35)32-21-14-13-20(18-21)30(36)37/h7-8,11-12,15-16,19-21,34H,4-6,9-10,13-14,17-18H2,1-3H3,(H,32,35)(H,36,37). The molecule has 41 heavy (non-hydrogen) atoms. The maximum Gasteiger partial charge on any atom is 0.306 e. The number of benzene rings is 2. The number of nitrogens with zero attached hydrogens (tertiary/aromatic N) is 1. The first-order valence-corrected chi connectivity index (χ1v) is 16.8. The number of hydrogen-bond acceptors (Lipinski definition) is 6. The Kier molecular flexibility index (Phi) is 8.55. The Morgan fingerprint density at radius 3 is 2.37 bits per heavy atom. The fraction of sp³-hybridized carbons (Fsp3) is 0.516. The third-order valence-electron chi connectivity index (χ3n) is 8.07. The molecule has 2 aliphatic carbocycles. The van der Waals surface area contributed by atoms with E-state index in [1.54, 1.807) is 6.07 Å². The van der Waals surface area contributed by atoms with Crippen molar-refractivity contribution in [1.29, 1.82) is 0 Å². The molecule has 1 aromatic heterocycles. The topological polar surface area (TPSA) is 125 Å². The lowest BCUT2D eigenvalue weighted by atomic mass is 9.85. The zero-order valence-electron chi connectivity index (χ0n) is 23.9. The van der Waals surface area contributed by atoms with Gasteiger partial charge in [0.15, 0.2) is 5.01 Å². The Morgan fingerprint density at radius 1 is 1.00 bits per heavy atom. The van der Waals surface area contributed by atoms with Crippen molar-refractivity contribution in [3.05, 3.63) is 47.1 Å². The predicted octanol–water partition coefficient (Wildman–Crippen LogP) is 6.15. The molecule has 0 spiro atoms. The van der Waals surface area contributed by atoms with Gasteiger partial charge in [-0.25, -0.2) is 18.1 Å². The first-order valence-electron chi connectivity index (χ1n) is 14.5. The Labute approximate surface area is 246 Å². The van der Waals surface area contributed by atoms with E-state index in [2.05, 4.69) is 10.0 Å². The van der Waals surface area contributed by atoms with Crippen molar-refractivity contribution in [1.82, 2.24) is 15.0 Å². The summed E-state index contributed by atoms with van der Waals surface area (Å²) in [6, 6.07) is 10.8. The number of carbonyl (C=O) groups excluding carboxylic acids is 1. The van der Waals surface area contributed by atoms with Crippen molar-refractivity contribution in [3.63, 3.8) is 0 Å². The molecular formula is C31H39N3O5S2. The van der Waals surface area contributed by atoms with E-state index in [1.165, 1.54) is 30.6 Å². The molecule has 0 radical (unpaired) electrons. The lowest BCUT2D eigenvalue weighted by molar-refractivity contribution is -0.141. The molecule has 2 aromatic carbocycles. The first kappa shape index (κ1) is 29.7. The fourth-order valence-corrected chi connectivity index (χ4v) is 8.87. The van der Waals surface area contributed by atoms with Gasteiger partial charge in [0.2, 0.25) is 10.0 Å². The van der Waals surface area contributed by atoms with Crippen LogP contribution in [0.3, 0.4) is 0 Å². The van der Waals surface area contributed by atoms with E-state index in [0.29, 0.717) is 35.6 Å². The quantitative estimate of drug-likeness (QED) is 0.286. The van der Waals surface area contributed by atoms with E-state index in [9.17, 15) is 23.1 Å². The van der Waals surface area contributed by atoms with Crippen molar-refractivity contribution in [2.45, 2.75) is 95.0 Å². The minimum atomic E-state index is -3.78. The second-order valence-electron chi connectivity index (χ2n) is 12.5. The van der Waals surface area contributed by atoms with Crippen molar-refractivity contribution >= 4 is 44.0 Å². The molecule has 1 amide bonds. The van der Waals surface area contributed by atoms with Crippen molar-refractivity contribution in [2.75, 3.05) is 0 Å². The molecular weight excluding hydrogens is 558 g/mol. The fourth-order valence-electron chi connectivity index (χ4n) is 6.21. The normalized spacial score (nSPS) is 20.4. The molecule has 0 bridgehead atoms. The molecule has 2 atom stereocenters. The number of sulfonamides is 1. The van der Waals surface area contributed by atoms with E-state index in [-0.39, 0.29) is 16.8 Å². The van der Waals surface area contributed by atoms with Crippen molar-refractivity contribution in [2.24, 2.45) is 11.8 Å². The van der Waals surface area contributed by atoms with Crippen molar-refractivity contribution in [3.8, 4) is 10.4 Å². The van der Waals surface area contributed by atoms with Crippen LogP contribution in [0.25, 0.3) is 21.2 Å². The molecule has 3 N–H and O–H groups in total. The number of carbonyl (C=O) groups is 2. The zero-order valence-corrected chi connectivity index (χ0v) is 25.5. The lowest BCUT2D eigenvalue weighted by Crippen LogP contribution is -2.40. The van der Waals surface area contributed by atoms with Gasteiger partial charge in [0.1, 0.15) is 0 Å². The third-order valence-corrected chi connectivity index (χ3v) is 11.0. The molecule has 2 aliphatic rings. The SMILES string of the molecule is CC(C)(C)NS(=O)(=O)c1ccc(-c2sc(C(=O)NC3CCC(C(=O)O)C3)nc2CC2CCCCC2)c2ccccc12. The van der Waals surface area contributed by atoms with Crippen molar-refractivity contribution < 1.29 is 23.1 Å². The van der Waals surface area contributed by atoms with Crippen LogP contribution in [0.5, 0.6) is 0 Å². The summed E-state index contributed by atoms with van der Waals surface area (Å²) in [6.07, 6.45) is 8.29. The number of hydrogen-bond donors (Lipinski definition) is 3. The van der Waals surface area contributed by atoms with E-state index in [4.69, 9.17) is 4.98 Å². The van der Waals surface area contributed by atoms with Crippen LogP contribution in [0.15, 0.2) is 41.3 Å². The minimum absolute atomic E-state index is 0.182. The van der Waals surface area contributed by atoms with Gasteiger partial charge in [-0.05, 0) is 63.8 Å². The second kappa shape index (κ2) is 11.8. The summed E-state index contributed by atoms with van der Waals surface area (Å²) in [7, 11) is -3.78. The van der Waals surface area contributed by atoms with Gasteiger partial charge in [-0.1, -0.05) is 62.4 Å². The highest BCUT2D eigenvalue weighted by Gasteiger charge is 2.32. The first-order chi connectivity index (χ1) is 19.4. The maximum absolute atomic E-state index is 13.4. The summed E-state index contributed by atoms with van der Waals surface area (Å²) >= 11 is 1.33. The Bertz CT molecular complexity index is 1550. The van der Waals surface area contributed by atoms with Gasteiger partial charge in [0.05, 0.1) is 21.4 Å². The van der Waals surface area contributed by atoms with Crippen LogP contribution >= 0.6 is 11.3 Å². The van der Waals surface area contributed by atoms with Gasteiger partial charge >= 0.3 is 5.97 Å². The summed E-state index contributed by atoms with van der Waals surface area (Å²) in [6.45, 7) is 5.45. The van der Waals surface area contributed by atoms with Gasteiger partial charge in [0, 0.05) is 22.5 Å². The Balaban J connectivity index is 1.54. The highest BCUT2D eigenvalue weighted by molar-refractivity contribution is 7.89. The van der Waals surface area contributed by atoms with E-state index < -0.39 is 27.4 Å². The molecule has 2 fully saturated rings. The molecule has 8 nitrogen and oxygen atoms in total. The molecule has 3 aromatic rings. The van der Waals surface area contributed by atoms with Crippen LogP contribution in [0, 0.1) is 11.8 Å². The number of rotatable bonds is 8. The Hall–Kier alpha value is -2.82. The average molecular weight is 598 g/mol. The van der Waals surface area contributed by atoms with Gasteiger partial charge in [-0.2, -0.15) is 0 Å². The molecule has 10 heteroatoms. The largest absolute Gasteiger partial charge is 0.481 e. The molecule has 2 saturated carbocycles. The number of amides is 1. The minimum Gasteiger partial charge on any atom is -0.481 e. The molecule has 220 valence electrons. The van der Waals surface area contributed by atoms with E-state index >= 15 is 0 Å². The van der Waals surface area contributed by atoms with Gasteiger partial charge < -0.3 is 10.4 Å². The van der Waals surface area contributed by atoms with Crippen LogP contribution in [-0.4, -0.2) is 42.0 Å². The smallest absolute Gasteiger partial charge is 0.306 e. The molecule has 0 saturated heterocycles. The molecule has 0 aliphatic heterocycles. The summed E-state index contributed by atoms with van der Waals surface area (Å²) in [5.74, 6) is -1.03. The number of carboxylic acids is 1. The molecule has 1 heterocycles. The monoisotopic (exact) mass is 597 g/mol. The number of fused-ring (bicyclic) bond motifs is 1.